The van der Waals surface area contributed by atoms with Gasteiger partial charge in [0.15, 0.2) is 11.2 Å². The average molecular weight is 443 g/mol. The lowest BCUT2D eigenvalue weighted by Gasteiger charge is -2.10. The summed E-state index contributed by atoms with van der Waals surface area (Å²) < 4.78 is 2.83. The van der Waals surface area contributed by atoms with E-state index in [9.17, 15) is 9.59 Å². The van der Waals surface area contributed by atoms with Crippen molar-refractivity contribution in [1.82, 2.24) is 24.5 Å². The third kappa shape index (κ3) is 3.34. The van der Waals surface area contributed by atoms with E-state index in [0.717, 1.165) is 5.69 Å². The second-order valence-electron chi connectivity index (χ2n) is 6.46. The number of para-hydroxylation sites is 1. The molecule has 0 atom stereocenters. The maximum Gasteiger partial charge on any atom is 0.295 e. The highest BCUT2D eigenvalue weighted by Gasteiger charge is 2.24. The minimum Gasteiger partial charge on any atom is -0.318 e. The van der Waals surface area contributed by atoms with Crippen LogP contribution in [0.3, 0.4) is 0 Å². The van der Waals surface area contributed by atoms with Crippen molar-refractivity contribution in [3.05, 3.63) is 74.5 Å². The van der Waals surface area contributed by atoms with Gasteiger partial charge in [-0.15, -0.1) is 0 Å². The highest BCUT2D eigenvalue weighted by atomic mass is 35.5. The molecule has 0 unspecified atom stereocenters. The topological polar surface area (TPSA) is 94.7 Å². The van der Waals surface area contributed by atoms with E-state index in [1.165, 1.54) is 17.1 Å². The van der Waals surface area contributed by atoms with E-state index in [0.29, 0.717) is 11.1 Å². The first-order valence-corrected chi connectivity index (χ1v) is 9.84. The van der Waals surface area contributed by atoms with Crippen molar-refractivity contribution >= 4 is 45.7 Å². The van der Waals surface area contributed by atoms with Crippen LogP contribution in [0.4, 0.5) is 5.69 Å². The number of carbonyl (C=O) groups is 1. The molecule has 4 aromatic rings. The van der Waals surface area contributed by atoms with Gasteiger partial charge < -0.3 is 5.32 Å². The van der Waals surface area contributed by atoms with Crippen LogP contribution in [0.25, 0.3) is 16.6 Å². The fourth-order valence-corrected chi connectivity index (χ4v) is 3.63. The number of aryl methyl sites for hydroxylation is 2. The predicted molar refractivity (Wildman–Crippen MR) is 116 cm³/mol. The first-order valence-electron chi connectivity index (χ1n) is 9.08. The molecule has 4 rings (SSSR count). The second kappa shape index (κ2) is 7.89. The monoisotopic (exact) mass is 442 g/mol. The standard InChI is InChI=1S/C20H16Cl2N6O2/c1-3-27-20(30)18-15(11(2)28(26-18)12-7-5-4-6-8-12)17(25-27)19(29)24-16-13(21)9-23-10-14(16)22/h4-10H,3H2,1-2H3,(H,23,24,29). The molecule has 1 N–H and O–H groups in total. The Balaban J connectivity index is 1.93. The van der Waals surface area contributed by atoms with Crippen LogP contribution < -0.4 is 10.9 Å². The number of nitrogens with zero attached hydrogens (tertiary/aromatic N) is 5. The number of anilines is 1. The lowest BCUT2D eigenvalue weighted by molar-refractivity contribution is 0.102. The van der Waals surface area contributed by atoms with Crippen molar-refractivity contribution in [2.45, 2.75) is 20.4 Å². The molecule has 10 heteroatoms. The van der Waals surface area contributed by atoms with E-state index in [2.05, 4.69) is 20.5 Å². The molecule has 0 aliphatic heterocycles. The number of hydrogen-bond acceptors (Lipinski definition) is 5. The molecule has 3 heterocycles. The Hall–Kier alpha value is -3.23. The van der Waals surface area contributed by atoms with E-state index in [4.69, 9.17) is 23.2 Å². The number of halogens is 2. The molecule has 1 aromatic carbocycles. The fraction of sp³-hybridized carbons (Fsp3) is 0.150. The van der Waals surface area contributed by atoms with Gasteiger partial charge in [-0.2, -0.15) is 10.2 Å². The number of nitrogens with one attached hydrogen (secondary N) is 1. The summed E-state index contributed by atoms with van der Waals surface area (Å²) >= 11 is 12.2. The summed E-state index contributed by atoms with van der Waals surface area (Å²) in [7, 11) is 0. The van der Waals surface area contributed by atoms with Crippen molar-refractivity contribution in [1.29, 1.82) is 0 Å². The Kier molecular flexibility index (Phi) is 5.27. The number of benzene rings is 1. The van der Waals surface area contributed by atoms with Gasteiger partial charge in [-0.25, -0.2) is 9.36 Å². The van der Waals surface area contributed by atoms with Gasteiger partial charge in [0.1, 0.15) is 0 Å². The Morgan fingerprint density at radius 1 is 1.10 bits per heavy atom. The van der Waals surface area contributed by atoms with Crippen molar-refractivity contribution in [2.24, 2.45) is 0 Å². The Labute approximate surface area is 181 Å². The molecule has 0 saturated heterocycles. The van der Waals surface area contributed by atoms with Crippen molar-refractivity contribution in [3.8, 4) is 5.69 Å². The zero-order valence-electron chi connectivity index (χ0n) is 16.1. The van der Waals surface area contributed by atoms with Crippen molar-refractivity contribution in [3.63, 3.8) is 0 Å². The normalized spacial score (nSPS) is 11.1. The molecule has 30 heavy (non-hydrogen) atoms. The van der Waals surface area contributed by atoms with Gasteiger partial charge in [-0.1, -0.05) is 41.4 Å². The Morgan fingerprint density at radius 3 is 2.40 bits per heavy atom. The maximum atomic E-state index is 13.1. The number of carbonyl (C=O) groups excluding carboxylic acids is 1. The molecule has 152 valence electrons. The summed E-state index contributed by atoms with van der Waals surface area (Å²) in [6.45, 7) is 3.82. The quantitative estimate of drug-likeness (QED) is 0.517. The van der Waals surface area contributed by atoms with Crippen molar-refractivity contribution < 1.29 is 4.79 Å². The first kappa shape index (κ1) is 20.1. The minimum absolute atomic E-state index is 0.0510. The average Bonchev–Trinajstić information content (AvgIpc) is 3.09. The maximum absolute atomic E-state index is 13.1. The summed E-state index contributed by atoms with van der Waals surface area (Å²) in [5, 5.41) is 12.2. The third-order valence-corrected chi connectivity index (χ3v) is 5.19. The van der Waals surface area contributed by atoms with E-state index < -0.39 is 5.91 Å². The largest absolute Gasteiger partial charge is 0.318 e. The number of amides is 1. The molecule has 1 amide bonds. The molecule has 0 radical (unpaired) electrons. The predicted octanol–water partition coefficient (Wildman–Crippen LogP) is 3.86. The lowest BCUT2D eigenvalue weighted by Crippen LogP contribution is -2.27. The number of hydrogen-bond donors (Lipinski definition) is 1. The third-order valence-electron chi connectivity index (χ3n) is 4.62. The van der Waals surface area contributed by atoms with E-state index >= 15 is 0 Å². The second-order valence-corrected chi connectivity index (χ2v) is 7.27. The molecule has 0 bridgehead atoms. The van der Waals surface area contributed by atoms with Crippen LogP contribution in [0.5, 0.6) is 0 Å². The molecule has 0 saturated carbocycles. The minimum atomic E-state index is -0.562. The van der Waals surface area contributed by atoms with Crippen LogP contribution in [0, 0.1) is 6.92 Å². The smallest absolute Gasteiger partial charge is 0.295 e. The number of rotatable bonds is 4. The summed E-state index contributed by atoms with van der Waals surface area (Å²) in [6.07, 6.45) is 2.75. The van der Waals surface area contributed by atoms with E-state index in [1.807, 2.05) is 30.3 Å². The van der Waals surface area contributed by atoms with Crippen LogP contribution in [0.2, 0.25) is 10.0 Å². The summed E-state index contributed by atoms with van der Waals surface area (Å²) in [4.78, 5) is 29.9. The fourth-order valence-electron chi connectivity index (χ4n) is 3.17. The highest BCUT2D eigenvalue weighted by molar-refractivity contribution is 6.39. The highest BCUT2D eigenvalue weighted by Crippen LogP contribution is 2.30. The van der Waals surface area contributed by atoms with Crippen LogP contribution in [-0.2, 0) is 6.54 Å². The van der Waals surface area contributed by atoms with Gasteiger partial charge in [0.05, 0.1) is 32.5 Å². The number of fused-ring (bicyclic) bond motifs is 1. The molecule has 3 aromatic heterocycles. The lowest BCUT2D eigenvalue weighted by atomic mass is 10.2. The molecular weight excluding hydrogens is 427 g/mol. The Bertz CT molecular complexity index is 1310. The van der Waals surface area contributed by atoms with Crippen LogP contribution >= 0.6 is 23.2 Å². The number of aromatic nitrogens is 5. The molecule has 0 fully saturated rings. The van der Waals surface area contributed by atoms with Gasteiger partial charge in [-0.3, -0.25) is 14.6 Å². The zero-order valence-corrected chi connectivity index (χ0v) is 17.6. The van der Waals surface area contributed by atoms with Gasteiger partial charge in [0.2, 0.25) is 0 Å². The van der Waals surface area contributed by atoms with Gasteiger partial charge in [-0.05, 0) is 26.0 Å². The molecule has 0 spiro atoms. The zero-order chi connectivity index (χ0) is 21.4. The summed E-state index contributed by atoms with van der Waals surface area (Å²) in [5.41, 5.74) is 1.43. The molecular formula is C20H16Cl2N6O2. The van der Waals surface area contributed by atoms with E-state index in [-0.39, 0.29) is 39.0 Å². The molecule has 8 nitrogen and oxygen atoms in total. The first-order chi connectivity index (χ1) is 14.4. The summed E-state index contributed by atoms with van der Waals surface area (Å²) in [5.74, 6) is -0.562. The van der Waals surface area contributed by atoms with Gasteiger partial charge >= 0.3 is 0 Å². The SMILES string of the molecule is CCn1nc(C(=O)Nc2c(Cl)cncc2Cl)c2c(C)n(-c3ccccc3)nc2c1=O. The molecule has 0 aliphatic rings. The van der Waals surface area contributed by atoms with E-state index in [1.54, 1.807) is 18.5 Å². The van der Waals surface area contributed by atoms with Crippen LogP contribution in [0.15, 0.2) is 47.5 Å². The summed E-state index contributed by atoms with van der Waals surface area (Å²) in [6, 6.07) is 9.34. The van der Waals surface area contributed by atoms with Gasteiger partial charge in [0, 0.05) is 18.9 Å². The van der Waals surface area contributed by atoms with Gasteiger partial charge in [0.25, 0.3) is 11.5 Å². The molecule has 0 aliphatic carbocycles. The Morgan fingerprint density at radius 2 is 1.77 bits per heavy atom. The van der Waals surface area contributed by atoms with Crippen LogP contribution in [-0.4, -0.2) is 30.5 Å². The number of pyridine rings is 1. The van der Waals surface area contributed by atoms with Crippen molar-refractivity contribution in [2.75, 3.05) is 5.32 Å². The van der Waals surface area contributed by atoms with Crippen LogP contribution in [0.1, 0.15) is 23.1 Å².